The minimum Gasteiger partial charge on any atom is -0.495 e. The molecule has 0 saturated heterocycles. The van der Waals surface area contributed by atoms with Gasteiger partial charge in [0.25, 0.3) is 5.91 Å². The number of aryl methyl sites for hydroxylation is 1. The predicted molar refractivity (Wildman–Crippen MR) is 128 cm³/mol. The van der Waals surface area contributed by atoms with Crippen molar-refractivity contribution in [2.24, 2.45) is 0 Å². The normalized spacial score (nSPS) is 10.8. The Morgan fingerprint density at radius 2 is 1.88 bits per heavy atom. The Balaban J connectivity index is 1.37. The number of methoxy groups -OCH3 is 1. The van der Waals surface area contributed by atoms with Crippen LogP contribution in [0.15, 0.2) is 85.5 Å². The number of aromatic nitrogens is 4. The summed E-state index contributed by atoms with van der Waals surface area (Å²) in [5, 5.41) is 2.87. The summed E-state index contributed by atoms with van der Waals surface area (Å²) in [6.45, 7) is 2.03. The molecule has 0 saturated carbocycles. The lowest BCUT2D eigenvalue weighted by Crippen LogP contribution is -2.15. The van der Waals surface area contributed by atoms with Crippen LogP contribution in [0.3, 0.4) is 0 Å². The van der Waals surface area contributed by atoms with Gasteiger partial charge in [0.15, 0.2) is 11.4 Å². The molecule has 0 fully saturated rings. The fourth-order valence-electron chi connectivity index (χ4n) is 3.51. The molecule has 0 radical (unpaired) electrons. The number of carbonyl (C=O) groups is 1. The standard InChI is InChI=1S/C26H21N5O3/c1-17-6-5-13-31-16-21(30-25(17)31)18-8-10-19(11-9-18)29-26(32)24-22(14-20(33-2)15-28-24)34-23-7-3-4-12-27-23/h3-16H,1-2H3,(H,29,32). The first-order valence-electron chi connectivity index (χ1n) is 10.6. The monoisotopic (exact) mass is 451 g/mol. The number of nitrogens with zero attached hydrogens (tertiary/aromatic N) is 4. The number of amides is 1. The number of benzene rings is 1. The number of nitrogens with one attached hydrogen (secondary N) is 1. The van der Waals surface area contributed by atoms with Gasteiger partial charge in [0.05, 0.1) is 19.0 Å². The average Bonchev–Trinajstić information content (AvgIpc) is 3.31. The fraction of sp³-hybridized carbons (Fsp3) is 0.0769. The van der Waals surface area contributed by atoms with Crippen molar-refractivity contribution < 1.29 is 14.3 Å². The van der Waals surface area contributed by atoms with Gasteiger partial charge in [-0.25, -0.2) is 15.0 Å². The second-order valence-electron chi connectivity index (χ2n) is 7.57. The fourth-order valence-corrected chi connectivity index (χ4v) is 3.51. The number of anilines is 1. The van der Waals surface area contributed by atoms with E-state index in [-0.39, 0.29) is 11.4 Å². The molecular formula is C26H21N5O3. The van der Waals surface area contributed by atoms with Gasteiger partial charge in [-0.15, -0.1) is 0 Å². The van der Waals surface area contributed by atoms with Crippen LogP contribution < -0.4 is 14.8 Å². The van der Waals surface area contributed by atoms with Gasteiger partial charge in [-0.3, -0.25) is 4.79 Å². The van der Waals surface area contributed by atoms with E-state index in [2.05, 4.69) is 15.3 Å². The summed E-state index contributed by atoms with van der Waals surface area (Å²) >= 11 is 0. The van der Waals surface area contributed by atoms with Crippen molar-refractivity contribution >= 4 is 17.2 Å². The van der Waals surface area contributed by atoms with E-state index >= 15 is 0 Å². The summed E-state index contributed by atoms with van der Waals surface area (Å²) in [5.74, 6) is 0.644. The van der Waals surface area contributed by atoms with Crippen LogP contribution in [0.1, 0.15) is 16.1 Å². The molecule has 5 aromatic rings. The van der Waals surface area contributed by atoms with Gasteiger partial charge in [-0.05, 0) is 36.8 Å². The van der Waals surface area contributed by atoms with Crippen LogP contribution in [0, 0.1) is 6.92 Å². The van der Waals surface area contributed by atoms with Crippen molar-refractivity contribution in [3.63, 3.8) is 0 Å². The van der Waals surface area contributed by atoms with Gasteiger partial charge in [0, 0.05) is 42.0 Å². The molecule has 4 heterocycles. The Hall–Kier alpha value is -4.72. The maximum atomic E-state index is 13.0. The summed E-state index contributed by atoms with van der Waals surface area (Å²) < 4.78 is 13.0. The number of carbonyl (C=O) groups excluding carboxylic acids is 1. The van der Waals surface area contributed by atoms with E-state index in [9.17, 15) is 4.79 Å². The molecule has 1 aromatic carbocycles. The lowest BCUT2D eigenvalue weighted by atomic mass is 10.1. The van der Waals surface area contributed by atoms with Gasteiger partial charge >= 0.3 is 0 Å². The van der Waals surface area contributed by atoms with Gasteiger partial charge in [-0.2, -0.15) is 0 Å². The van der Waals surface area contributed by atoms with E-state index in [1.807, 2.05) is 60.1 Å². The van der Waals surface area contributed by atoms with E-state index in [4.69, 9.17) is 14.5 Å². The summed E-state index contributed by atoms with van der Waals surface area (Å²) in [4.78, 5) is 26.1. The molecule has 0 unspecified atom stereocenters. The molecule has 0 atom stereocenters. The number of fused-ring (bicyclic) bond motifs is 1. The molecular weight excluding hydrogens is 430 g/mol. The minimum absolute atomic E-state index is 0.117. The highest BCUT2D eigenvalue weighted by Crippen LogP contribution is 2.28. The van der Waals surface area contributed by atoms with E-state index in [0.717, 1.165) is 22.5 Å². The summed E-state index contributed by atoms with van der Waals surface area (Å²) in [7, 11) is 1.52. The Bertz CT molecular complexity index is 1460. The highest BCUT2D eigenvalue weighted by Gasteiger charge is 2.17. The molecule has 0 spiro atoms. The van der Waals surface area contributed by atoms with E-state index < -0.39 is 5.91 Å². The molecule has 8 heteroatoms. The zero-order valence-electron chi connectivity index (χ0n) is 18.6. The average molecular weight is 451 g/mol. The smallest absolute Gasteiger partial charge is 0.278 e. The topological polar surface area (TPSA) is 90.6 Å². The van der Waals surface area contributed by atoms with Gasteiger partial charge in [0.2, 0.25) is 5.88 Å². The van der Waals surface area contributed by atoms with Crippen LogP contribution >= 0.6 is 0 Å². The van der Waals surface area contributed by atoms with Crippen molar-refractivity contribution in [2.75, 3.05) is 12.4 Å². The van der Waals surface area contributed by atoms with Crippen LogP contribution in [0.5, 0.6) is 17.4 Å². The lowest BCUT2D eigenvalue weighted by Gasteiger charge is -2.11. The zero-order chi connectivity index (χ0) is 23.5. The van der Waals surface area contributed by atoms with Crippen LogP contribution in [-0.4, -0.2) is 32.4 Å². The molecule has 8 nitrogen and oxygen atoms in total. The van der Waals surface area contributed by atoms with Crippen LogP contribution in [0.2, 0.25) is 0 Å². The lowest BCUT2D eigenvalue weighted by molar-refractivity contribution is 0.101. The van der Waals surface area contributed by atoms with Crippen LogP contribution in [0.4, 0.5) is 5.69 Å². The molecule has 168 valence electrons. The highest BCUT2D eigenvalue weighted by atomic mass is 16.5. The largest absolute Gasteiger partial charge is 0.495 e. The number of ether oxygens (including phenoxy) is 2. The molecule has 0 aliphatic carbocycles. The number of imidazole rings is 1. The molecule has 1 N–H and O–H groups in total. The third-order valence-electron chi connectivity index (χ3n) is 5.25. The van der Waals surface area contributed by atoms with Crippen molar-refractivity contribution in [3.8, 4) is 28.6 Å². The van der Waals surface area contributed by atoms with E-state index in [0.29, 0.717) is 17.3 Å². The predicted octanol–water partition coefficient (Wildman–Crippen LogP) is 5.15. The second kappa shape index (κ2) is 9.03. The summed E-state index contributed by atoms with van der Waals surface area (Å²) in [5.41, 5.74) is 4.56. The van der Waals surface area contributed by atoms with Crippen LogP contribution in [0.25, 0.3) is 16.9 Å². The first kappa shape index (κ1) is 21.1. The van der Waals surface area contributed by atoms with Gasteiger partial charge in [-0.1, -0.05) is 24.3 Å². The molecule has 0 aliphatic rings. The van der Waals surface area contributed by atoms with Crippen molar-refractivity contribution in [1.29, 1.82) is 0 Å². The third-order valence-corrected chi connectivity index (χ3v) is 5.25. The molecule has 1 amide bonds. The third kappa shape index (κ3) is 4.29. The summed E-state index contributed by atoms with van der Waals surface area (Å²) in [6.07, 6.45) is 7.03. The Morgan fingerprint density at radius 1 is 1.03 bits per heavy atom. The van der Waals surface area contributed by atoms with E-state index in [1.54, 1.807) is 30.5 Å². The number of hydrogen-bond acceptors (Lipinski definition) is 6. The summed E-state index contributed by atoms with van der Waals surface area (Å²) in [6, 6.07) is 18.4. The molecule has 0 aliphatic heterocycles. The van der Waals surface area contributed by atoms with Crippen molar-refractivity contribution in [3.05, 3.63) is 96.7 Å². The first-order valence-corrected chi connectivity index (χ1v) is 10.6. The molecule has 5 rings (SSSR count). The van der Waals surface area contributed by atoms with Crippen molar-refractivity contribution in [1.82, 2.24) is 19.4 Å². The van der Waals surface area contributed by atoms with Crippen molar-refractivity contribution in [2.45, 2.75) is 6.92 Å². The zero-order valence-corrected chi connectivity index (χ0v) is 18.6. The van der Waals surface area contributed by atoms with Gasteiger partial charge in [0.1, 0.15) is 11.4 Å². The number of hydrogen-bond donors (Lipinski definition) is 1. The second-order valence-corrected chi connectivity index (χ2v) is 7.57. The molecule has 0 bridgehead atoms. The highest BCUT2D eigenvalue weighted by molar-refractivity contribution is 6.05. The maximum Gasteiger partial charge on any atom is 0.278 e. The van der Waals surface area contributed by atoms with E-state index in [1.165, 1.54) is 13.3 Å². The quantitative estimate of drug-likeness (QED) is 0.384. The maximum absolute atomic E-state index is 13.0. The van der Waals surface area contributed by atoms with Crippen LogP contribution in [-0.2, 0) is 0 Å². The Morgan fingerprint density at radius 3 is 2.62 bits per heavy atom. The number of rotatable bonds is 6. The Kier molecular flexibility index (Phi) is 5.61. The van der Waals surface area contributed by atoms with Gasteiger partial charge < -0.3 is 19.2 Å². The number of pyridine rings is 3. The SMILES string of the molecule is COc1cnc(C(=O)Nc2ccc(-c3cn4cccc(C)c4n3)cc2)c(Oc2ccccn2)c1. The first-order chi connectivity index (χ1) is 16.6. The minimum atomic E-state index is -0.412. The Labute approximate surface area is 195 Å². The molecule has 4 aromatic heterocycles. The molecule has 34 heavy (non-hydrogen) atoms.